The van der Waals surface area contributed by atoms with Crippen LogP contribution >= 0.6 is 0 Å². The first-order valence-corrected chi connectivity index (χ1v) is 5.48. The summed E-state index contributed by atoms with van der Waals surface area (Å²) in [6.45, 7) is 4.56. The predicted octanol–water partition coefficient (Wildman–Crippen LogP) is 0.394. The lowest BCUT2D eigenvalue weighted by molar-refractivity contribution is 0.310. The highest BCUT2D eigenvalue weighted by Crippen LogP contribution is 2.22. The van der Waals surface area contributed by atoms with Crippen LogP contribution in [-0.2, 0) is 0 Å². The third-order valence-corrected chi connectivity index (χ3v) is 2.36. The maximum atomic E-state index is 8.83. The number of nitrogens with zero attached hydrogens (tertiary/aromatic N) is 4. The van der Waals surface area contributed by atoms with Crippen LogP contribution in [0.15, 0.2) is 6.20 Å². The van der Waals surface area contributed by atoms with Crippen LogP contribution in [0.5, 0.6) is 0 Å². The second kappa shape index (κ2) is 4.54. The predicted molar refractivity (Wildman–Crippen MR) is 65.7 cm³/mol. The second-order valence-electron chi connectivity index (χ2n) is 3.99. The Kier molecular flexibility index (Phi) is 3.10. The molecule has 7 nitrogen and oxygen atoms in total. The molecule has 0 unspecified atom stereocenters. The second-order valence-corrected chi connectivity index (χ2v) is 3.99. The molecular formula is C10H16N6O. The molecule has 0 aliphatic rings. The summed E-state index contributed by atoms with van der Waals surface area (Å²) in [6, 6.07) is 0.190. The van der Waals surface area contributed by atoms with Crippen LogP contribution in [0.2, 0.25) is 0 Å². The maximum absolute atomic E-state index is 8.83. The number of anilines is 2. The van der Waals surface area contributed by atoms with E-state index >= 15 is 0 Å². The fourth-order valence-corrected chi connectivity index (χ4v) is 1.69. The summed E-state index contributed by atoms with van der Waals surface area (Å²) in [5.41, 5.74) is 6.97. The fraction of sp³-hybridized carbons (Fsp3) is 0.500. The van der Waals surface area contributed by atoms with Gasteiger partial charge in [0.25, 0.3) is 0 Å². The van der Waals surface area contributed by atoms with E-state index in [1.807, 2.05) is 18.4 Å². The topological polar surface area (TPSA) is 102 Å². The number of nitrogens with one attached hydrogen (secondary N) is 1. The lowest BCUT2D eigenvalue weighted by atomic mass is 10.4. The van der Waals surface area contributed by atoms with Crippen LogP contribution < -0.4 is 11.1 Å². The van der Waals surface area contributed by atoms with Crippen LogP contribution in [0, 0.1) is 0 Å². The minimum atomic E-state index is 0.0507. The van der Waals surface area contributed by atoms with E-state index in [0.29, 0.717) is 23.7 Å². The quantitative estimate of drug-likeness (QED) is 0.710. The van der Waals surface area contributed by atoms with Crippen molar-refractivity contribution in [3.8, 4) is 0 Å². The standard InChI is InChI=1S/C10H16N6O/c1-6(2)16-8-7(5-13-9(11)15-8)14-10(16)12-3-4-17/h5-6,17H,3-4H2,1-2H3,(H,12,14)(H2,11,13,15). The SMILES string of the molecule is CC(C)n1c(NCCO)nc2cnc(N)nc21. The number of imidazole rings is 1. The summed E-state index contributed by atoms with van der Waals surface area (Å²) < 4.78 is 1.93. The molecule has 0 saturated heterocycles. The number of aliphatic hydroxyl groups is 1. The van der Waals surface area contributed by atoms with Crippen LogP contribution in [0.4, 0.5) is 11.9 Å². The molecule has 92 valence electrons. The first-order valence-electron chi connectivity index (χ1n) is 5.48. The van der Waals surface area contributed by atoms with Crippen molar-refractivity contribution in [1.82, 2.24) is 19.5 Å². The van der Waals surface area contributed by atoms with Crippen molar-refractivity contribution in [2.45, 2.75) is 19.9 Å². The van der Waals surface area contributed by atoms with Crippen molar-refractivity contribution in [3.05, 3.63) is 6.20 Å². The van der Waals surface area contributed by atoms with E-state index in [1.54, 1.807) is 6.20 Å². The zero-order valence-corrected chi connectivity index (χ0v) is 9.88. The zero-order valence-electron chi connectivity index (χ0n) is 9.88. The smallest absolute Gasteiger partial charge is 0.222 e. The largest absolute Gasteiger partial charge is 0.395 e. The molecule has 4 N–H and O–H groups in total. The lowest BCUT2D eigenvalue weighted by Crippen LogP contribution is -2.13. The Morgan fingerprint density at radius 3 is 2.88 bits per heavy atom. The van der Waals surface area contributed by atoms with E-state index in [4.69, 9.17) is 10.8 Å². The Balaban J connectivity index is 2.54. The molecule has 0 fully saturated rings. The van der Waals surface area contributed by atoms with Crippen molar-refractivity contribution < 1.29 is 5.11 Å². The van der Waals surface area contributed by atoms with Gasteiger partial charge in [0.1, 0.15) is 5.52 Å². The molecule has 0 bridgehead atoms. The molecule has 0 spiro atoms. The molecular weight excluding hydrogens is 220 g/mol. The van der Waals surface area contributed by atoms with E-state index in [0.717, 1.165) is 0 Å². The summed E-state index contributed by atoms with van der Waals surface area (Å²) in [7, 11) is 0. The van der Waals surface area contributed by atoms with E-state index < -0.39 is 0 Å². The fourth-order valence-electron chi connectivity index (χ4n) is 1.69. The van der Waals surface area contributed by atoms with Crippen LogP contribution in [0.3, 0.4) is 0 Å². The molecule has 0 aromatic carbocycles. The number of aromatic nitrogens is 4. The number of hydrogen-bond donors (Lipinski definition) is 3. The summed E-state index contributed by atoms with van der Waals surface area (Å²) >= 11 is 0. The van der Waals surface area contributed by atoms with Crippen LogP contribution in [-0.4, -0.2) is 37.8 Å². The average molecular weight is 236 g/mol. The van der Waals surface area contributed by atoms with Crippen LogP contribution in [0.1, 0.15) is 19.9 Å². The van der Waals surface area contributed by atoms with Gasteiger partial charge in [-0.3, -0.25) is 4.57 Å². The number of hydrogen-bond acceptors (Lipinski definition) is 6. The molecule has 0 atom stereocenters. The molecule has 2 rings (SSSR count). The zero-order chi connectivity index (χ0) is 12.4. The molecule has 0 radical (unpaired) electrons. The molecule has 17 heavy (non-hydrogen) atoms. The molecule has 2 aromatic heterocycles. The number of aliphatic hydroxyl groups excluding tert-OH is 1. The molecule has 0 amide bonds. The van der Waals surface area contributed by atoms with Crippen molar-refractivity contribution in [1.29, 1.82) is 0 Å². The van der Waals surface area contributed by atoms with E-state index in [1.165, 1.54) is 0 Å². The molecule has 0 aliphatic heterocycles. The molecule has 7 heteroatoms. The van der Waals surface area contributed by atoms with Gasteiger partial charge in [-0.25, -0.2) is 9.97 Å². The lowest BCUT2D eigenvalue weighted by Gasteiger charge is -2.12. The van der Waals surface area contributed by atoms with E-state index in [2.05, 4.69) is 20.3 Å². The monoisotopic (exact) mass is 236 g/mol. The van der Waals surface area contributed by atoms with Crippen molar-refractivity contribution in [3.63, 3.8) is 0 Å². The van der Waals surface area contributed by atoms with Gasteiger partial charge in [0, 0.05) is 12.6 Å². The molecule has 0 aliphatic carbocycles. The Labute approximate surface area is 98.7 Å². The van der Waals surface area contributed by atoms with Gasteiger partial charge >= 0.3 is 0 Å². The molecule has 2 aromatic rings. The third-order valence-electron chi connectivity index (χ3n) is 2.36. The van der Waals surface area contributed by atoms with Crippen LogP contribution in [0.25, 0.3) is 11.2 Å². The number of fused-ring (bicyclic) bond motifs is 1. The van der Waals surface area contributed by atoms with E-state index in [-0.39, 0.29) is 18.6 Å². The number of rotatable bonds is 4. The number of nitrogens with two attached hydrogens (primary N) is 1. The summed E-state index contributed by atoms with van der Waals surface area (Å²) in [5, 5.41) is 11.9. The van der Waals surface area contributed by atoms with Gasteiger partial charge in [-0.05, 0) is 13.8 Å². The van der Waals surface area contributed by atoms with Crippen molar-refractivity contribution >= 4 is 23.1 Å². The first kappa shape index (κ1) is 11.6. The Hall–Kier alpha value is -1.89. The first-order chi connectivity index (χ1) is 8.13. The number of nitrogen functional groups attached to an aromatic ring is 1. The minimum Gasteiger partial charge on any atom is -0.395 e. The highest BCUT2D eigenvalue weighted by Gasteiger charge is 2.14. The highest BCUT2D eigenvalue weighted by atomic mass is 16.3. The van der Waals surface area contributed by atoms with Gasteiger partial charge in [0.15, 0.2) is 5.65 Å². The normalized spacial score (nSPS) is 11.3. The maximum Gasteiger partial charge on any atom is 0.222 e. The van der Waals surface area contributed by atoms with Gasteiger partial charge in [-0.15, -0.1) is 0 Å². The highest BCUT2D eigenvalue weighted by molar-refractivity contribution is 5.74. The summed E-state index contributed by atoms with van der Waals surface area (Å²) in [4.78, 5) is 12.5. The Morgan fingerprint density at radius 1 is 1.47 bits per heavy atom. The van der Waals surface area contributed by atoms with Gasteiger partial charge in [-0.2, -0.15) is 4.98 Å². The summed E-state index contributed by atoms with van der Waals surface area (Å²) in [5.74, 6) is 0.900. The third kappa shape index (κ3) is 2.14. The van der Waals surface area contributed by atoms with Gasteiger partial charge < -0.3 is 16.2 Å². The van der Waals surface area contributed by atoms with Crippen molar-refractivity contribution in [2.75, 3.05) is 24.2 Å². The van der Waals surface area contributed by atoms with E-state index in [9.17, 15) is 0 Å². The minimum absolute atomic E-state index is 0.0507. The summed E-state index contributed by atoms with van der Waals surface area (Å²) in [6.07, 6.45) is 1.60. The Morgan fingerprint density at radius 2 is 2.24 bits per heavy atom. The molecule has 2 heterocycles. The van der Waals surface area contributed by atoms with Gasteiger partial charge in [0.2, 0.25) is 11.9 Å². The van der Waals surface area contributed by atoms with Gasteiger partial charge in [0.05, 0.1) is 12.8 Å². The van der Waals surface area contributed by atoms with Gasteiger partial charge in [-0.1, -0.05) is 0 Å². The average Bonchev–Trinajstić information content (AvgIpc) is 2.63. The van der Waals surface area contributed by atoms with Crippen molar-refractivity contribution in [2.24, 2.45) is 0 Å². The Bertz CT molecular complexity index is 521. The molecule has 0 saturated carbocycles.